The van der Waals surface area contributed by atoms with Gasteiger partial charge in [-0.3, -0.25) is 9.59 Å². The summed E-state index contributed by atoms with van der Waals surface area (Å²) in [6, 6.07) is 3.90. The van der Waals surface area contributed by atoms with Gasteiger partial charge in [-0.25, -0.2) is 0 Å². The summed E-state index contributed by atoms with van der Waals surface area (Å²) in [6.45, 7) is 1.48. The number of carbonyl (C=O) groups excluding carboxylic acids is 2. The molecule has 2 fully saturated rings. The molecule has 146 valence electrons. The van der Waals surface area contributed by atoms with Crippen molar-refractivity contribution in [1.82, 2.24) is 9.80 Å². The second kappa shape index (κ2) is 7.41. The Morgan fingerprint density at radius 3 is 2.48 bits per heavy atom. The molecule has 0 bridgehead atoms. The number of carbonyl (C=O) groups is 2. The molecule has 0 radical (unpaired) electrons. The van der Waals surface area contributed by atoms with Crippen LogP contribution in [-0.4, -0.2) is 55.5 Å². The van der Waals surface area contributed by atoms with E-state index in [-0.39, 0.29) is 30.3 Å². The van der Waals surface area contributed by atoms with Gasteiger partial charge < -0.3 is 19.3 Å². The van der Waals surface area contributed by atoms with Crippen molar-refractivity contribution in [2.24, 2.45) is 5.92 Å². The Kier molecular flexibility index (Phi) is 4.98. The number of methoxy groups -OCH3 is 2. The number of nitrogens with zero attached hydrogens (tertiary/aromatic N) is 2. The molecule has 2 aliphatic heterocycles. The molecule has 3 aliphatic rings. The number of fused-ring (bicyclic) bond motifs is 3. The third kappa shape index (κ3) is 3.26. The minimum Gasteiger partial charge on any atom is -0.493 e. The van der Waals surface area contributed by atoms with Gasteiger partial charge in [0, 0.05) is 19.0 Å². The molecule has 1 aromatic carbocycles. The van der Waals surface area contributed by atoms with Gasteiger partial charge >= 0.3 is 0 Å². The molecule has 0 unspecified atom stereocenters. The Hall–Kier alpha value is -2.24. The molecule has 0 aromatic heterocycles. The monoisotopic (exact) mass is 372 g/mol. The Balaban J connectivity index is 1.62. The fourth-order valence-corrected chi connectivity index (χ4v) is 4.83. The summed E-state index contributed by atoms with van der Waals surface area (Å²) in [7, 11) is 3.25. The molecule has 2 amide bonds. The first-order valence-electron chi connectivity index (χ1n) is 9.95. The van der Waals surface area contributed by atoms with Gasteiger partial charge in [-0.05, 0) is 42.5 Å². The topological polar surface area (TPSA) is 59.1 Å². The minimum atomic E-state index is -0.0950. The van der Waals surface area contributed by atoms with Crippen molar-refractivity contribution >= 4 is 11.8 Å². The van der Waals surface area contributed by atoms with E-state index >= 15 is 0 Å². The Morgan fingerprint density at radius 1 is 1.07 bits per heavy atom. The van der Waals surface area contributed by atoms with Gasteiger partial charge in [0.2, 0.25) is 11.8 Å². The van der Waals surface area contributed by atoms with E-state index in [1.807, 2.05) is 17.0 Å². The van der Waals surface area contributed by atoms with Crippen molar-refractivity contribution in [3.63, 3.8) is 0 Å². The highest BCUT2D eigenvalue weighted by atomic mass is 16.5. The fraction of sp³-hybridized carbons (Fsp3) is 0.619. The van der Waals surface area contributed by atoms with E-state index in [0.717, 1.165) is 37.7 Å². The predicted molar refractivity (Wildman–Crippen MR) is 101 cm³/mol. The first-order valence-corrected chi connectivity index (χ1v) is 9.95. The van der Waals surface area contributed by atoms with Gasteiger partial charge in [-0.15, -0.1) is 0 Å². The van der Waals surface area contributed by atoms with Gasteiger partial charge in [0.15, 0.2) is 11.5 Å². The maximum Gasteiger partial charge on any atom is 0.242 e. The lowest BCUT2D eigenvalue weighted by molar-refractivity contribution is -0.152. The third-order valence-electron chi connectivity index (χ3n) is 6.31. The van der Waals surface area contributed by atoms with Gasteiger partial charge in [-0.1, -0.05) is 19.3 Å². The van der Waals surface area contributed by atoms with Crippen LogP contribution in [0.25, 0.3) is 0 Å². The molecule has 2 heterocycles. The van der Waals surface area contributed by atoms with Crippen molar-refractivity contribution in [1.29, 1.82) is 0 Å². The van der Waals surface area contributed by atoms with Crippen LogP contribution in [0.4, 0.5) is 0 Å². The first-order chi connectivity index (χ1) is 13.1. The number of amides is 2. The summed E-state index contributed by atoms with van der Waals surface area (Å²) in [5, 5.41) is 0. The second-order valence-corrected chi connectivity index (χ2v) is 7.81. The number of rotatable bonds is 3. The van der Waals surface area contributed by atoms with Crippen molar-refractivity contribution in [3.8, 4) is 11.5 Å². The molecule has 0 N–H and O–H groups in total. The molecular weight excluding hydrogens is 344 g/mol. The second-order valence-electron chi connectivity index (χ2n) is 7.81. The van der Waals surface area contributed by atoms with Gasteiger partial charge in [-0.2, -0.15) is 0 Å². The maximum absolute atomic E-state index is 13.0. The summed E-state index contributed by atoms with van der Waals surface area (Å²) in [5.74, 6) is 1.68. The van der Waals surface area contributed by atoms with Crippen LogP contribution in [0, 0.1) is 5.92 Å². The van der Waals surface area contributed by atoms with E-state index in [0.29, 0.717) is 24.6 Å². The van der Waals surface area contributed by atoms with E-state index in [2.05, 4.69) is 0 Å². The van der Waals surface area contributed by atoms with Crippen LogP contribution in [0.2, 0.25) is 0 Å². The molecule has 6 nitrogen and oxygen atoms in total. The van der Waals surface area contributed by atoms with E-state index in [4.69, 9.17) is 9.47 Å². The minimum absolute atomic E-state index is 0.0517. The molecule has 1 aromatic rings. The molecule has 4 rings (SSSR count). The molecule has 6 heteroatoms. The van der Waals surface area contributed by atoms with E-state index < -0.39 is 0 Å². The Labute approximate surface area is 160 Å². The van der Waals surface area contributed by atoms with Crippen LogP contribution in [0.1, 0.15) is 49.3 Å². The van der Waals surface area contributed by atoms with E-state index in [1.165, 1.54) is 12.0 Å². The standard InChI is InChI=1S/C21H28N2O4/c1-26-18-10-15-8-9-23-17(16(15)11-19(18)27-2)12-22(13-20(23)24)21(25)14-6-4-3-5-7-14/h10-11,14,17H,3-9,12-13H2,1-2H3/t17-/m1/s1. The van der Waals surface area contributed by atoms with E-state index in [1.54, 1.807) is 19.1 Å². The zero-order chi connectivity index (χ0) is 19.0. The molecule has 1 saturated carbocycles. The smallest absolute Gasteiger partial charge is 0.242 e. The first kappa shape index (κ1) is 18.1. The van der Waals surface area contributed by atoms with Gasteiger partial charge in [0.25, 0.3) is 0 Å². The largest absolute Gasteiger partial charge is 0.493 e. The zero-order valence-corrected chi connectivity index (χ0v) is 16.2. The SMILES string of the molecule is COc1cc2c(cc1OC)[C@H]1CN(C(=O)C3CCCCC3)CC(=O)N1CC2. The predicted octanol–water partition coefficient (Wildman–Crippen LogP) is 2.55. The van der Waals surface area contributed by atoms with Crippen LogP contribution >= 0.6 is 0 Å². The zero-order valence-electron chi connectivity index (χ0n) is 16.2. The van der Waals surface area contributed by atoms with Crippen molar-refractivity contribution in [3.05, 3.63) is 23.3 Å². The number of piperazine rings is 1. The van der Waals surface area contributed by atoms with Crippen LogP contribution in [0.15, 0.2) is 12.1 Å². The highest BCUT2D eigenvalue weighted by Gasteiger charge is 2.40. The number of hydrogen-bond acceptors (Lipinski definition) is 4. The maximum atomic E-state index is 13.0. The van der Waals surface area contributed by atoms with Gasteiger partial charge in [0.05, 0.1) is 26.8 Å². The number of hydrogen-bond donors (Lipinski definition) is 0. The molecule has 27 heavy (non-hydrogen) atoms. The Bertz CT molecular complexity index is 742. The summed E-state index contributed by atoms with van der Waals surface area (Å²) >= 11 is 0. The van der Waals surface area contributed by atoms with Crippen LogP contribution in [-0.2, 0) is 16.0 Å². The lowest BCUT2D eigenvalue weighted by Gasteiger charge is -2.45. The third-order valence-corrected chi connectivity index (χ3v) is 6.31. The lowest BCUT2D eigenvalue weighted by atomic mass is 9.86. The molecule has 0 spiro atoms. The average molecular weight is 372 g/mol. The molecular formula is C21H28N2O4. The normalized spacial score (nSPS) is 22.9. The summed E-state index contributed by atoms with van der Waals surface area (Å²) in [4.78, 5) is 29.5. The summed E-state index contributed by atoms with van der Waals surface area (Å²) in [5.41, 5.74) is 2.25. The fourth-order valence-electron chi connectivity index (χ4n) is 4.83. The van der Waals surface area contributed by atoms with Crippen LogP contribution in [0.5, 0.6) is 11.5 Å². The van der Waals surface area contributed by atoms with Crippen molar-refractivity contribution < 1.29 is 19.1 Å². The quantitative estimate of drug-likeness (QED) is 0.818. The van der Waals surface area contributed by atoms with E-state index in [9.17, 15) is 9.59 Å². The van der Waals surface area contributed by atoms with Gasteiger partial charge in [0.1, 0.15) is 0 Å². The summed E-state index contributed by atoms with van der Waals surface area (Å²) < 4.78 is 10.9. The van der Waals surface area contributed by atoms with Crippen molar-refractivity contribution in [2.45, 2.75) is 44.6 Å². The van der Waals surface area contributed by atoms with Crippen molar-refractivity contribution in [2.75, 3.05) is 33.9 Å². The van der Waals surface area contributed by atoms with Crippen LogP contribution < -0.4 is 9.47 Å². The lowest BCUT2D eigenvalue weighted by Crippen LogP contribution is -2.56. The molecule has 1 saturated heterocycles. The molecule has 1 aliphatic carbocycles. The highest BCUT2D eigenvalue weighted by Crippen LogP contribution is 2.40. The average Bonchev–Trinajstić information content (AvgIpc) is 2.72. The molecule has 1 atom stereocenters. The van der Waals surface area contributed by atoms with Crippen LogP contribution in [0.3, 0.4) is 0 Å². The Morgan fingerprint density at radius 2 is 1.78 bits per heavy atom. The number of ether oxygens (including phenoxy) is 2. The summed E-state index contributed by atoms with van der Waals surface area (Å²) in [6.07, 6.45) is 6.17. The highest BCUT2D eigenvalue weighted by molar-refractivity contribution is 5.88. The number of benzene rings is 1.